The van der Waals surface area contributed by atoms with Crippen LogP contribution in [0.25, 0.3) is 10.2 Å². The third kappa shape index (κ3) is 3.96. The van der Waals surface area contributed by atoms with Crippen molar-refractivity contribution in [2.45, 2.75) is 26.3 Å². The monoisotopic (exact) mass is 471 g/mol. The van der Waals surface area contributed by atoms with Gasteiger partial charge < -0.3 is 9.30 Å². The summed E-state index contributed by atoms with van der Waals surface area (Å²) in [6.45, 7) is 1.71. The molecule has 2 heterocycles. The van der Waals surface area contributed by atoms with Crippen molar-refractivity contribution in [3.8, 4) is 0 Å². The molecule has 0 aliphatic carbocycles. The first-order chi connectivity index (χ1) is 15.3. The molecule has 4 rings (SSSR count). The van der Waals surface area contributed by atoms with E-state index in [4.69, 9.17) is 16.3 Å². The van der Waals surface area contributed by atoms with Crippen LogP contribution in [0, 0.1) is 6.92 Å². The molecule has 1 aliphatic heterocycles. The number of benzene rings is 2. The minimum absolute atomic E-state index is 0.123. The van der Waals surface area contributed by atoms with Crippen LogP contribution in [0.3, 0.4) is 0 Å². The first kappa shape index (κ1) is 21.9. The van der Waals surface area contributed by atoms with E-state index in [-0.39, 0.29) is 36.8 Å². The highest BCUT2D eigenvalue weighted by Gasteiger charge is 2.30. The Kier molecular flexibility index (Phi) is 5.94. The van der Waals surface area contributed by atoms with Gasteiger partial charge in [-0.05, 0) is 48.9 Å². The quantitative estimate of drug-likeness (QED) is 0.429. The van der Waals surface area contributed by atoms with Crippen LogP contribution in [0.5, 0.6) is 0 Å². The number of carbonyl (C=O) groups excluding carboxylic acids is 4. The molecule has 32 heavy (non-hydrogen) atoms. The van der Waals surface area contributed by atoms with Gasteiger partial charge in [-0.2, -0.15) is 4.99 Å². The number of nitrogens with zero attached hydrogens (tertiary/aromatic N) is 3. The lowest BCUT2D eigenvalue weighted by Gasteiger charge is -2.13. The van der Waals surface area contributed by atoms with Crippen LogP contribution in [0.4, 0.5) is 5.69 Å². The van der Waals surface area contributed by atoms with Crippen molar-refractivity contribution in [2.75, 3.05) is 12.0 Å². The van der Waals surface area contributed by atoms with Gasteiger partial charge in [0, 0.05) is 23.4 Å². The van der Waals surface area contributed by atoms with Crippen molar-refractivity contribution in [1.82, 2.24) is 4.57 Å². The number of esters is 1. The van der Waals surface area contributed by atoms with E-state index in [1.54, 1.807) is 22.8 Å². The molecule has 3 aromatic rings. The Balaban J connectivity index is 1.74. The number of imide groups is 1. The molecular formula is C22H18ClN3O5S. The molecular weight excluding hydrogens is 454 g/mol. The third-order valence-electron chi connectivity index (χ3n) is 5.17. The van der Waals surface area contributed by atoms with Crippen molar-refractivity contribution in [1.29, 1.82) is 0 Å². The van der Waals surface area contributed by atoms with Gasteiger partial charge in [0.2, 0.25) is 11.8 Å². The van der Waals surface area contributed by atoms with Crippen LogP contribution in [-0.4, -0.2) is 35.4 Å². The maximum Gasteiger partial charge on any atom is 0.325 e. The lowest BCUT2D eigenvalue weighted by molar-refractivity contribution is -0.141. The number of amides is 3. The van der Waals surface area contributed by atoms with Gasteiger partial charge in [0.05, 0.1) is 23.0 Å². The number of aryl methyl sites for hydroxylation is 1. The Hall–Kier alpha value is -3.30. The van der Waals surface area contributed by atoms with E-state index < -0.39 is 11.9 Å². The summed E-state index contributed by atoms with van der Waals surface area (Å²) >= 11 is 7.51. The molecule has 1 fully saturated rings. The standard InChI is InChI=1S/C22H18ClN3O5S/c1-12-15(23)7-8-16-20(12)25(11-19(29)31-2)22(32-16)24-21(30)13-3-5-14(6-4-13)26-17(27)9-10-18(26)28/h3-8H,9-11H2,1-2H3. The van der Waals surface area contributed by atoms with Crippen molar-refractivity contribution in [3.05, 3.63) is 57.3 Å². The predicted molar refractivity (Wildman–Crippen MR) is 120 cm³/mol. The SMILES string of the molecule is COC(=O)Cn1c(=NC(=O)c2ccc(N3C(=O)CCC3=O)cc2)sc2ccc(Cl)c(C)c21. The number of hydrogen-bond donors (Lipinski definition) is 0. The third-order valence-corrected chi connectivity index (χ3v) is 6.62. The van der Waals surface area contributed by atoms with E-state index in [0.29, 0.717) is 21.0 Å². The first-order valence-electron chi connectivity index (χ1n) is 9.70. The number of thiazole rings is 1. The fraction of sp³-hybridized carbons (Fsp3) is 0.227. The van der Waals surface area contributed by atoms with Crippen LogP contribution in [0.2, 0.25) is 5.02 Å². The van der Waals surface area contributed by atoms with Gasteiger partial charge in [0.15, 0.2) is 4.80 Å². The van der Waals surface area contributed by atoms with E-state index in [0.717, 1.165) is 15.2 Å². The maximum absolute atomic E-state index is 12.8. The van der Waals surface area contributed by atoms with Crippen molar-refractivity contribution >= 4 is 62.5 Å². The van der Waals surface area contributed by atoms with E-state index >= 15 is 0 Å². The lowest BCUT2D eigenvalue weighted by Crippen LogP contribution is -2.28. The van der Waals surface area contributed by atoms with E-state index in [9.17, 15) is 19.2 Å². The average molecular weight is 472 g/mol. The van der Waals surface area contributed by atoms with Crippen molar-refractivity contribution in [3.63, 3.8) is 0 Å². The van der Waals surface area contributed by atoms with Crippen LogP contribution in [0.1, 0.15) is 28.8 Å². The van der Waals surface area contributed by atoms with Gasteiger partial charge in [-0.25, -0.2) is 0 Å². The van der Waals surface area contributed by atoms with Gasteiger partial charge in [-0.15, -0.1) is 0 Å². The van der Waals surface area contributed by atoms with Gasteiger partial charge in [0.25, 0.3) is 5.91 Å². The molecule has 0 radical (unpaired) electrons. The number of fused-ring (bicyclic) bond motifs is 1. The molecule has 0 bridgehead atoms. The topological polar surface area (TPSA) is 98.0 Å². The number of aromatic nitrogens is 1. The molecule has 10 heteroatoms. The molecule has 164 valence electrons. The average Bonchev–Trinajstić information content (AvgIpc) is 3.30. The Morgan fingerprint density at radius 1 is 1.09 bits per heavy atom. The second kappa shape index (κ2) is 8.68. The van der Waals surface area contributed by atoms with Crippen LogP contribution >= 0.6 is 22.9 Å². The summed E-state index contributed by atoms with van der Waals surface area (Å²) in [6.07, 6.45) is 0.370. The van der Waals surface area contributed by atoms with Crippen molar-refractivity contribution in [2.24, 2.45) is 4.99 Å². The van der Waals surface area contributed by atoms with Crippen LogP contribution in [-0.2, 0) is 25.7 Å². The minimum Gasteiger partial charge on any atom is -0.468 e. The maximum atomic E-state index is 12.8. The Morgan fingerprint density at radius 3 is 2.38 bits per heavy atom. The molecule has 3 amide bonds. The van der Waals surface area contributed by atoms with Gasteiger partial charge >= 0.3 is 5.97 Å². The predicted octanol–water partition coefficient (Wildman–Crippen LogP) is 3.23. The first-order valence-corrected chi connectivity index (χ1v) is 10.9. The van der Waals surface area contributed by atoms with E-state index in [1.807, 2.05) is 13.0 Å². The summed E-state index contributed by atoms with van der Waals surface area (Å²) < 4.78 is 7.23. The summed E-state index contributed by atoms with van der Waals surface area (Å²) in [6, 6.07) is 9.68. The minimum atomic E-state index is -0.524. The molecule has 0 unspecified atom stereocenters. The molecule has 0 atom stereocenters. The number of hydrogen-bond acceptors (Lipinski definition) is 6. The largest absolute Gasteiger partial charge is 0.468 e. The molecule has 2 aromatic carbocycles. The zero-order chi connectivity index (χ0) is 23.0. The van der Waals surface area contributed by atoms with Crippen molar-refractivity contribution < 1.29 is 23.9 Å². The Morgan fingerprint density at radius 2 is 1.75 bits per heavy atom. The molecule has 1 aliphatic rings. The number of halogens is 1. The summed E-state index contributed by atoms with van der Waals surface area (Å²) in [5, 5.41) is 0.536. The zero-order valence-electron chi connectivity index (χ0n) is 17.3. The number of anilines is 1. The highest BCUT2D eigenvalue weighted by Crippen LogP contribution is 2.27. The summed E-state index contributed by atoms with van der Waals surface area (Å²) in [5.74, 6) is -1.53. The normalized spacial score (nSPS) is 14.5. The van der Waals surface area contributed by atoms with E-state index in [2.05, 4.69) is 4.99 Å². The summed E-state index contributed by atoms with van der Waals surface area (Å²) in [4.78, 5) is 54.3. The zero-order valence-corrected chi connectivity index (χ0v) is 18.8. The molecule has 1 aromatic heterocycles. The second-order valence-corrected chi connectivity index (χ2v) is 8.57. The van der Waals surface area contributed by atoms with Crippen LogP contribution < -0.4 is 9.70 Å². The fourth-order valence-electron chi connectivity index (χ4n) is 3.51. The summed E-state index contributed by atoms with van der Waals surface area (Å²) in [5.41, 5.74) is 2.18. The van der Waals surface area contributed by atoms with Gasteiger partial charge in [0.1, 0.15) is 6.54 Å². The fourth-order valence-corrected chi connectivity index (χ4v) is 4.75. The smallest absolute Gasteiger partial charge is 0.325 e. The van der Waals surface area contributed by atoms with Crippen LogP contribution in [0.15, 0.2) is 41.4 Å². The summed E-state index contributed by atoms with van der Waals surface area (Å²) in [7, 11) is 1.29. The molecule has 1 saturated heterocycles. The molecule has 0 spiro atoms. The number of methoxy groups -OCH3 is 1. The van der Waals surface area contributed by atoms with E-state index in [1.165, 1.54) is 30.6 Å². The lowest BCUT2D eigenvalue weighted by atomic mass is 10.2. The van der Waals surface area contributed by atoms with Gasteiger partial charge in [-0.1, -0.05) is 22.9 Å². The number of carbonyl (C=O) groups is 4. The highest BCUT2D eigenvalue weighted by atomic mass is 35.5. The molecule has 0 N–H and O–H groups in total. The number of rotatable bonds is 4. The van der Waals surface area contributed by atoms with Gasteiger partial charge in [-0.3, -0.25) is 24.1 Å². The second-order valence-electron chi connectivity index (χ2n) is 7.15. The molecule has 8 nitrogen and oxygen atoms in total. The number of ether oxygens (including phenoxy) is 1. The molecule has 0 saturated carbocycles. The Bertz CT molecular complexity index is 1320. The highest BCUT2D eigenvalue weighted by molar-refractivity contribution is 7.16. The Labute approximate surface area is 191 Å².